The lowest BCUT2D eigenvalue weighted by atomic mass is 9.79. The van der Waals surface area contributed by atoms with Gasteiger partial charge in [-0.05, 0) is 102 Å². The van der Waals surface area contributed by atoms with E-state index in [9.17, 15) is 9.59 Å². The first-order valence-corrected chi connectivity index (χ1v) is 19.1. The van der Waals surface area contributed by atoms with E-state index in [1.807, 2.05) is 6.07 Å². The zero-order valence-electron chi connectivity index (χ0n) is 32.1. The van der Waals surface area contributed by atoms with Crippen molar-refractivity contribution in [2.45, 2.75) is 103 Å². The molecule has 2 fully saturated rings. The second-order valence-electron chi connectivity index (χ2n) is 14.0. The predicted octanol–water partition coefficient (Wildman–Crippen LogP) is 7.94. The van der Waals surface area contributed by atoms with E-state index in [1.54, 1.807) is 32.2 Å². The number of ketones is 1. The van der Waals surface area contributed by atoms with E-state index in [0.717, 1.165) is 57.5 Å². The highest BCUT2D eigenvalue weighted by atomic mass is 16.5. The van der Waals surface area contributed by atoms with Gasteiger partial charge in [-0.2, -0.15) is 0 Å². The molecule has 1 heterocycles. The molecule has 0 unspecified atom stereocenters. The number of methoxy groups -OCH3 is 4. The van der Waals surface area contributed by atoms with Gasteiger partial charge < -0.3 is 38.2 Å². The average molecular weight is 711 g/mol. The van der Waals surface area contributed by atoms with E-state index in [1.165, 1.54) is 66.4 Å². The normalized spacial score (nSPS) is 16.1. The Hall–Kier alpha value is -3.50. The number of rotatable bonds is 22. The summed E-state index contributed by atoms with van der Waals surface area (Å²) in [6, 6.07) is 7.01. The molecule has 10 heteroatoms. The third-order valence-electron chi connectivity index (χ3n) is 10.4. The summed E-state index contributed by atoms with van der Waals surface area (Å²) in [7, 11) is 6.25. The summed E-state index contributed by atoms with van der Waals surface area (Å²) in [4.78, 5) is 31.1. The molecule has 284 valence electrons. The summed E-state index contributed by atoms with van der Waals surface area (Å²) in [5.74, 6) is 2.48. The number of benzene rings is 2. The standard InChI is InChI=1S/C41H62N2O8/c1-7-8-9-10-11-19-42-20-14-21-43(24-23-42)22-18-34(51-41(45)33-28-36(46-3)40(49-6)37(29-33)47-4)17-13-25-50-38-27-32(30(2)44)26-35(39(38)48-5)31-15-12-16-31/h26-29,31,34H,7-25H2,1-6H3/t34-/m1/s1. The van der Waals surface area contributed by atoms with Crippen LogP contribution < -0.4 is 23.7 Å². The molecule has 51 heavy (non-hydrogen) atoms. The topological polar surface area (TPSA) is 96.0 Å². The highest BCUT2D eigenvalue weighted by molar-refractivity contribution is 5.95. The fourth-order valence-electron chi connectivity index (χ4n) is 7.09. The van der Waals surface area contributed by atoms with Crippen LogP contribution in [0.25, 0.3) is 0 Å². The quantitative estimate of drug-likeness (QED) is 0.0681. The van der Waals surface area contributed by atoms with E-state index >= 15 is 0 Å². The van der Waals surface area contributed by atoms with Gasteiger partial charge in [0.2, 0.25) is 5.75 Å². The SMILES string of the molecule is CCCCCCCN1CCCN(CC[C@@H](CCCOc2cc(C(C)=O)cc(C3CCC3)c2OC)OC(=O)c2cc(OC)c(OC)c(OC)c2)CC1. The monoisotopic (exact) mass is 710 g/mol. The van der Waals surface area contributed by atoms with Crippen LogP contribution in [0.2, 0.25) is 0 Å². The van der Waals surface area contributed by atoms with Crippen LogP contribution >= 0.6 is 0 Å². The molecule has 0 bridgehead atoms. The predicted molar refractivity (Wildman–Crippen MR) is 200 cm³/mol. The molecule has 0 N–H and O–H groups in total. The van der Waals surface area contributed by atoms with Gasteiger partial charge in [0.1, 0.15) is 6.10 Å². The number of hydrogen-bond acceptors (Lipinski definition) is 10. The minimum atomic E-state index is -0.439. The highest BCUT2D eigenvalue weighted by Crippen LogP contribution is 2.45. The van der Waals surface area contributed by atoms with Crippen LogP contribution in [0.15, 0.2) is 24.3 Å². The van der Waals surface area contributed by atoms with Crippen molar-refractivity contribution in [3.63, 3.8) is 0 Å². The number of carbonyl (C=O) groups is 2. The van der Waals surface area contributed by atoms with Crippen LogP contribution in [0.3, 0.4) is 0 Å². The summed E-state index contributed by atoms with van der Waals surface area (Å²) in [6.45, 7) is 10.5. The van der Waals surface area contributed by atoms with Gasteiger partial charge in [-0.25, -0.2) is 4.79 Å². The minimum absolute atomic E-state index is 0.00505. The molecular weight excluding hydrogens is 648 g/mol. The van der Waals surface area contributed by atoms with E-state index in [-0.39, 0.29) is 11.9 Å². The number of ether oxygens (including phenoxy) is 6. The van der Waals surface area contributed by atoms with E-state index < -0.39 is 5.97 Å². The van der Waals surface area contributed by atoms with E-state index in [4.69, 9.17) is 28.4 Å². The van der Waals surface area contributed by atoms with E-state index in [2.05, 4.69) is 16.7 Å². The highest BCUT2D eigenvalue weighted by Gasteiger charge is 2.27. The van der Waals surface area contributed by atoms with Crippen molar-refractivity contribution < 1.29 is 38.0 Å². The second kappa shape index (κ2) is 21.1. The summed E-state index contributed by atoms with van der Waals surface area (Å²) < 4.78 is 34.8. The molecule has 1 saturated heterocycles. The van der Waals surface area contributed by atoms with Crippen molar-refractivity contribution in [3.8, 4) is 28.7 Å². The molecular formula is C41H62N2O8. The largest absolute Gasteiger partial charge is 0.493 e. The lowest BCUT2D eigenvalue weighted by Gasteiger charge is -2.28. The number of unbranched alkanes of at least 4 members (excludes halogenated alkanes) is 4. The molecule has 0 radical (unpaired) electrons. The van der Waals surface area contributed by atoms with Gasteiger partial charge in [-0.1, -0.05) is 39.0 Å². The first kappa shape index (κ1) is 40.3. The van der Waals surface area contributed by atoms with Crippen LogP contribution in [0, 0.1) is 0 Å². The van der Waals surface area contributed by atoms with Gasteiger partial charge in [0.25, 0.3) is 0 Å². The molecule has 0 spiro atoms. The molecule has 1 saturated carbocycles. The van der Waals surface area contributed by atoms with Crippen molar-refractivity contribution in [2.24, 2.45) is 0 Å². The third kappa shape index (κ3) is 11.8. The lowest BCUT2D eigenvalue weighted by molar-refractivity contribution is 0.0221. The Morgan fingerprint density at radius 1 is 0.706 bits per heavy atom. The smallest absolute Gasteiger partial charge is 0.338 e. The Kier molecular flexibility index (Phi) is 16.7. The van der Waals surface area contributed by atoms with Gasteiger partial charge in [0.15, 0.2) is 28.8 Å². The Balaban J connectivity index is 1.41. The van der Waals surface area contributed by atoms with Crippen LogP contribution in [0.1, 0.15) is 123 Å². The van der Waals surface area contributed by atoms with Crippen molar-refractivity contribution >= 4 is 11.8 Å². The maximum absolute atomic E-state index is 13.6. The Labute approximate surface area is 306 Å². The van der Waals surface area contributed by atoms with Gasteiger partial charge in [0, 0.05) is 30.8 Å². The molecule has 0 amide bonds. The molecule has 10 nitrogen and oxygen atoms in total. The molecule has 4 rings (SSSR count). The summed E-state index contributed by atoms with van der Waals surface area (Å²) >= 11 is 0. The molecule has 1 aliphatic heterocycles. The minimum Gasteiger partial charge on any atom is -0.493 e. The molecule has 1 aliphatic carbocycles. The fraction of sp³-hybridized carbons (Fsp3) is 0.659. The zero-order valence-corrected chi connectivity index (χ0v) is 32.1. The summed E-state index contributed by atoms with van der Waals surface area (Å²) in [5.41, 5.74) is 2.03. The van der Waals surface area contributed by atoms with Crippen LogP contribution in [-0.2, 0) is 4.74 Å². The number of carbonyl (C=O) groups excluding carboxylic acids is 2. The number of nitrogens with zero attached hydrogens (tertiary/aromatic N) is 2. The van der Waals surface area contributed by atoms with Crippen molar-refractivity contribution in [2.75, 3.05) is 74.3 Å². The molecule has 2 aliphatic rings. The molecule has 0 aromatic heterocycles. The van der Waals surface area contributed by atoms with Crippen molar-refractivity contribution in [1.82, 2.24) is 9.80 Å². The van der Waals surface area contributed by atoms with Crippen molar-refractivity contribution in [1.29, 1.82) is 0 Å². The fourth-order valence-corrected chi connectivity index (χ4v) is 7.09. The number of Topliss-reactive ketones (excluding diaryl/α,β-unsaturated/α-hetero) is 1. The van der Waals surface area contributed by atoms with Crippen LogP contribution in [0.5, 0.6) is 28.7 Å². The average Bonchev–Trinajstić information content (AvgIpc) is 3.35. The van der Waals surface area contributed by atoms with Gasteiger partial charge in [-0.15, -0.1) is 0 Å². The lowest BCUT2D eigenvalue weighted by Crippen LogP contribution is -2.33. The third-order valence-corrected chi connectivity index (χ3v) is 10.4. The van der Waals surface area contributed by atoms with Crippen LogP contribution in [-0.4, -0.2) is 102 Å². The maximum Gasteiger partial charge on any atom is 0.338 e. The Morgan fingerprint density at radius 3 is 1.94 bits per heavy atom. The first-order chi connectivity index (χ1) is 24.8. The first-order valence-electron chi connectivity index (χ1n) is 19.1. The summed E-state index contributed by atoms with van der Waals surface area (Å²) in [5, 5.41) is 0. The molecule has 2 aromatic carbocycles. The van der Waals surface area contributed by atoms with Crippen LogP contribution in [0.4, 0.5) is 0 Å². The molecule has 1 atom stereocenters. The van der Waals surface area contributed by atoms with Crippen molar-refractivity contribution in [3.05, 3.63) is 41.0 Å². The van der Waals surface area contributed by atoms with Gasteiger partial charge in [-0.3, -0.25) is 4.79 Å². The number of esters is 1. The van der Waals surface area contributed by atoms with Gasteiger partial charge >= 0.3 is 5.97 Å². The molecule has 2 aromatic rings. The Bertz CT molecular complexity index is 1370. The number of hydrogen-bond donors (Lipinski definition) is 0. The zero-order chi connectivity index (χ0) is 36.6. The maximum atomic E-state index is 13.6. The summed E-state index contributed by atoms with van der Waals surface area (Å²) in [6.07, 6.45) is 12.7. The Morgan fingerprint density at radius 2 is 1.35 bits per heavy atom. The second-order valence-corrected chi connectivity index (χ2v) is 14.0. The van der Waals surface area contributed by atoms with E-state index in [0.29, 0.717) is 71.7 Å². The van der Waals surface area contributed by atoms with Gasteiger partial charge in [0.05, 0.1) is 40.6 Å².